The predicted molar refractivity (Wildman–Crippen MR) is 84.5 cm³/mol. The molecule has 0 saturated carbocycles. The Bertz CT molecular complexity index is 562. The number of carbonyl (C=O) groups excluding carboxylic acids is 2. The van der Waals surface area contributed by atoms with Gasteiger partial charge in [0.05, 0.1) is 6.61 Å². The van der Waals surface area contributed by atoms with Crippen molar-refractivity contribution in [2.45, 2.75) is 20.3 Å². The number of rotatable bonds is 7. The van der Waals surface area contributed by atoms with Crippen LogP contribution < -0.4 is 11.2 Å². The van der Waals surface area contributed by atoms with Crippen LogP contribution in [0.5, 0.6) is 0 Å². The summed E-state index contributed by atoms with van der Waals surface area (Å²) in [5.74, 6) is 4.31. The van der Waals surface area contributed by atoms with Gasteiger partial charge in [0.2, 0.25) is 0 Å². The summed E-state index contributed by atoms with van der Waals surface area (Å²) in [5.41, 5.74) is 1.08. The highest BCUT2D eigenvalue weighted by atomic mass is 16.6. The second-order valence-electron chi connectivity index (χ2n) is 5.29. The van der Waals surface area contributed by atoms with Crippen LogP contribution in [-0.2, 0) is 19.2 Å². The summed E-state index contributed by atoms with van der Waals surface area (Å²) in [6.07, 6.45) is 6.36. The lowest BCUT2D eigenvalue weighted by atomic mass is 9.92. The monoisotopic (exact) mass is 321 g/mol. The minimum absolute atomic E-state index is 0.0314. The molecule has 1 heterocycles. The Morgan fingerprint density at radius 1 is 1.48 bits per heavy atom. The maximum absolute atomic E-state index is 12.1. The third-order valence-electron chi connectivity index (χ3n) is 3.91. The molecule has 7 heteroatoms. The van der Waals surface area contributed by atoms with E-state index < -0.39 is 11.9 Å². The molecular formula is C16H23N3O4. The van der Waals surface area contributed by atoms with E-state index in [1.54, 1.807) is 6.08 Å². The van der Waals surface area contributed by atoms with Gasteiger partial charge in [-0.2, -0.15) is 0 Å². The second-order valence-corrected chi connectivity index (χ2v) is 5.29. The molecule has 0 aromatic carbocycles. The number of hydrogen-bond acceptors (Lipinski definition) is 6. The van der Waals surface area contributed by atoms with Crippen LogP contribution in [0.3, 0.4) is 0 Å². The number of esters is 1. The number of nitrogens with zero attached hydrogens (tertiary/aromatic N) is 1. The predicted octanol–water partition coefficient (Wildman–Crippen LogP) is 0.606. The van der Waals surface area contributed by atoms with Gasteiger partial charge >= 0.3 is 5.97 Å². The topological polar surface area (TPSA) is 93.9 Å². The summed E-state index contributed by atoms with van der Waals surface area (Å²) in [7, 11) is 0. The molecular weight excluding hydrogens is 298 g/mol. The van der Waals surface area contributed by atoms with Crippen molar-refractivity contribution in [3.05, 3.63) is 35.3 Å². The molecule has 0 aromatic heterocycles. The highest BCUT2D eigenvalue weighted by Crippen LogP contribution is 2.32. The summed E-state index contributed by atoms with van der Waals surface area (Å²) in [4.78, 5) is 30.6. The van der Waals surface area contributed by atoms with Gasteiger partial charge in [-0.3, -0.25) is 4.79 Å². The average Bonchev–Trinajstić information content (AvgIpc) is 2.55. The number of likely N-dealkylation sites (N-methyl/N-ethyl adjacent to an activating group) is 1. The summed E-state index contributed by atoms with van der Waals surface area (Å²) >= 11 is 0. The Morgan fingerprint density at radius 2 is 2.22 bits per heavy atom. The molecule has 1 atom stereocenters. The first-order valence-corrected chi connectivity index (χ1v) is 7.81. The first kappa shape index (κ1) is 17.2. The summed E-state index contributed by atoms with van der Waals surface area (Å²) in [6, 6.07) is 0. The smallest absolute Gasteiger partial charge is 0.348 e. The third-order valence-corrected chi connectivity index (χ3v) is 3.91. The maximum atomic E-state index is 12.1. The fourth-order valence-corrected chi connectivity index (χ4v) is 2.66. The molecule has 2 rings (SSSR count). The molecule has 0 aromatic rings. The molecule has 3 N–H and O–H groups in total. The van der Waals surface area contributed by atoms with Gasteiger partial charge < -0.3 is 19.8 Å². The lowest BCUT2D eigenvalue weighted by Crippen LogP contribution is -2.35. The van der Waals surface area contributed by atoms with Crippen molar-refractivity contribution in [1.82, 2.24) is 10.2 Å². The quantitative estimate of drug-likeness (QED) is 0.309. The first-order chi connectivity index (χ1) is 11.1. The zero-order valence-corrected chi connectivity index (χ0v) is 13.5. The van der Waals surface area contributed by atoms with Gasteiger partial charge in [-0.05, 0) is 20.3 Å². The maximum Gasteiger partial charge on any atom is 0.348 e. The molecule has 1 unspecified atom stereocenters. The number of carbonyl (C=O) groups is 2. The van der Waals surface area contributed by atoms with E-state index in [-0.39, 0.29) is 24.6 Å². The average molecular weight is 321 g/mol. The molecule has 7 nitrogen and oxygen atoms in total. The molecule has 0 bridgehead atoms. The van der Waals surface area contributed by atoms with Crippen LogP contribution in [0.2, 0.25) is 0 Å². The highest BCUT2D eigenvalue weighted by Gasteiger charge is 2.32. The van der Waals surface area contributed by atoms with Crippen molar-refractivity contribution in [2.24, 2.45) is 11.8 Å². The number of nitrogens with two attached hydrogens (primary N) is 1. The van der Waals surface area contributed by atoms with E-state index in [0.29, 0.717) is 12.2 Å². The van der Waals surface area contributed by atoms with Crippen molar-refractivity contribution >= 4 is 11.9 Å². The zero-order valence-electron chi connectivity index (χ0n) is 13.5. The molecule has 0 spiro atoms. The molecule has 1 aliphatic heterocycles. The molecule has 23 heavy (non-hydrogen) atoms. The summed E-state index contributed by atoms with van der Waals surface area (Å²) in [5, 5.41) is 2.57. The minimum atomic E-state index is -0.625. The highest BCUT2D eigenvalue weighted by molar-refractivity contribution is 6.17. The van der Waals surface area contributed by atoms with E-state index in [4.69, 9.17) is 10.6 Å². The normalized spacial score (nSPS) is 19.9. The fraction of sp³-hybridized carbons (Fsp3) is 0.500. The van der Waals surface area contributed by atoms with Crippen molar-refractivity contribution in [1.29, 1.82) is 0 Å². The van der Waals surface area contributed by atoms with Crippen LogP contribution in [0.4, 0.5) is 0 Å². The lowest BCUT2D eigenvalue weighted by Gasteiger charge is -2.30. The van der Waals surface area contributed by atoms with E-state index in [1.165, 1.54) is 0 Å². The van der Waals surface area contributed by atoms with E-state index in [9.17, 15) is 9.59 Å². The van der Waals surface area contributed by atoms with E-state index in [0.717, 1.165) is 18.8 Å². The molecule has 1 aliphatic carbocycles. The number of fused-ring (bicyclic) bond motifs is 1. The van der Waals surface area contributed by atoms with Gasteiger partial charge in [0.25, 0.3) is 5.91 Å². The molecule has 0 saturated heterocycles. The molecule has 2 aliphatic rings. The van der Waals surface area contributed by atoms with Gasteiger partial charge in [0.15, 0.2) is 0 Å². The largest absolute Gasteiger partial charge is 0.427 e. The van der Waals surface area contributed by atoms with Crippen molar-refractivity contribution in [2.75, 3.05) is 26.2 Å². The number of allylic oxidation sites excluding steroid dienone is 3. The lowest BCUT2D eigenvalue weighted by molar-refractivity contribution is -0.138. The van der Waals surface area contributed by atoms with Crippen LogP contribution in [0.15, 0.2) is 35.3 Å². The van der Waals surface area contributed by atoms with Gasteiger partial charge in [0, 0.05) is 37.3 Å². The van der Waals surface area contributed by atoms with E-state index >= 15 is 0 Å². The Balaban J connectivity index is 2.10. The molecule has 0 radical (unpaired) electrons. The van der Waals surface area contributed by atoms with Crippen LogP contribution in [0, 0.1) is 5.92 Å². The number of nitrogens with one attached hydrogen (secondary N) is 1. The zero-order chi connectivity index (χ0) is 16.8. The summed E-state index contributed by atoms with van der Waals surface area (Å²) in [6.45, 7) is 6.34. The fourth-order valence-electron chi connectivity index (χ4n) is 2.66. The van der Waals surface area contributed by atoms with Crippen LogP contribution in [-0.4, -0.2) is 43.0 Å². The van der Waals surface area contributed by atoms with Crippen LogP contribution >= 0.6 is 0 Å². The Hall–Kier alpha value is -2.12. The van der Waals surface area contributed by atoms with Crippen molar-refractivity contribution in [3.8, 4) is 0 Å². The standard InChI is InChI=1S/C16H23N3O4/c1-3-19(4-2)12-6-5-11-9-13(15(20)18-7-8-22-17)16(21)23-14(11)10-12/h6,9-11H,3-5,7-8,17H2,1-2H3,(H,18,20). The van der Waals surface area contributed by atoms with Gasteiger partial charge in [-0.1, -0.05) is 12.2 Å². The van der Waals surface area contributed by atoms with Crippen molar-refractivity contribution in [3.63, 3.8) is 0 Å². The SMILES string of the molecule is CCN(CC)C1=CCC2C=C(C(=O)NCCON)C(=O)OC2=C1. The number of ether oxygens (including phenoxy) is 1. The van der Waals surface area contributed by atoms with Gasteiger partial charge in [-0.25, -0.2) is 10.7 Å². The van der Waals surface area contributed by atoms with E-state index in [2.05, 4.69) is 35.0 Å². The second kappa shape index (κ2) is 7.94. The Labute approximate surface area is 135 Å². The number of amides is 1. The van der Waals surface area contributed by atoms with Crippen LogP contribution in [0.25, 0.3) is 0 Å². The molecule has 1 amide bonds. The molecule has 126 valence electrons. The summed E-state index contributed by atoms with van der Waals surface area (Å²) < 4.78 is 5.37. The van der Waals surface area contributed by atoms with Crippen LogP contribution in [0.1, 0.15) is 20.3 Å². The van der Waals surface area contributed by atoms with E-state index in [1.807, 2.05) is 6.08 Å². The number of hydrogen-bond donors (Lipinski definition) is 2. The van der Waals surface area contributed by atoms with Gasteiger partial charge in [0.1, 0.15) is 11.3 Å². The Kier molecular flexibility index (Phi) is 5.95. The Morgan fingerprint density at radius 3 is 2.87 bits per heavy atom. The van der Waals surface area contributed by atoms with Gasteiger partial charge in [-0.15, -0.1) is 0 Å². The third kappa shape index (κ3) is 4.00. The minimum Gasteiger partial charge on any atom is -0.427 e. The van der Waals surface area contributed by atoms with Crippen molar-refractivity contribution < 1.29 is 19.2 Å². The molecule has 0 fully saturated rings. The first-order valence-electron chi connectivity index (χ1n) is 7.81.